The van der Waals surface area contributed by atoms with Crippen LogP contribution in [0.1, 0.15) is 210 Å². The van der Waals surface area contributed by atoms with Gasteiger partial charge < -0.3 is 67.9 Å². The van der Waals surface area contributed by atoms with Gasteiger partial charge in [0.1, 0.15) is 47.8 Å². The van der Waals surface area contributed by atoms with Crippen molar-refractivity contribution in [3.05, 3.63) is 81.9 Å². The molecule has 0 aromatic rings. The Kier molecular flexibility index (Phi) is 31.5. The maximum atomic E-state index is 14.8. The first-order valence-electron chi connectivity index (χ1n) is 40.0. The lowest BCUT2D eigenvalue weighted by atomic mass is 9.53. The number of carbonyl (C=O) groups excluding carboxylic acids is 10. The predicted molar refractivity (Wildman–Crippen MR) is 406 cm³/mol. The molecule has 0 radical (unpaired) electrons. The van der Waals surface area contributed by atoms with Gasteiger partial charge in [0.15, 0.2) is 5.76 Å². The molecule has 19 atom stereocenters. The molecular formula is C85H125N3O21. The van der Waals surface area contributed by atoms with Crippen LogP contribution in [-0.4, -0.2) is 218 Å². The van der Waals surface area contributed by atoms with Crippen LogP contribution in [0.15, 0.2) is 81.9 Å². The maximum Gasteiger partial charge on any atom is 0.340 e. The van der Waals surface area contributed by atoms with Gasteiger partial charge in [0, 0.05) is 133 Å². The van der Waals surface area contributed by atoms with Gasteiger partial charge in [-0.15, -0.1) is 0 Å². The summed E-state index contributed by atoms with van der Waals surface area (Å²) in [4.78, 5) is 149. The Balaban J connectivity index is 0.989. The second kappa shape index (κ2) is 39.1. The quantitative estimate of drug-likeness (QED) is 0.0240. The summed E-state index contributed by atoms with van der Waals surface area (Å²) in [7, 11) is 10.3. The minimum absolute atomic E-state index is 0.00666. The molecule has 4 aliphatic carbocycles. The number of ketones is 5. The van der Waals surface area contributed by atoms with E-state index < -0.39 is 148 Å². The van der Waals surface area contributed by atoms with Gasteiger partial charge in [-0.3, -0.25) is 38.4 Å². The molecule has 4 aliphatic heterocycles. The molecule has 0 aromatic carbocycles. The number of nitrogens with zero attached hydrogens (tertiary/aromatic N) is 3. The van der Waals surface area contributed by atoms with Crippen molar-refractivity contribution < 1.29 is 101 Å². The Morgan fingerprint density at radius 3 is 2.13 bits per heavy atom. The Morgan fingerprint density at radius 2 is 1.46 bits per heavy atom. The van der Waals surface area contributed by atoms with Gasteiger partial charge in [0.05, 0.1) is 42.0 Å². The standard InChI is InChI=1S/C85H125N3O21/c1-50-26-19-18-20-27-51(2)65(103-14)44-58-33-31-56(7)85(101,109-58)79(97)80(98)88-39-24-23-28-61(88)82(100)107-67(55(6)42-57-32-35-62(89)68(43-57)104-15)46-64(91)53(4)41-54(5)66(45-63(90)52(3)40-50)105-72(93)29-21-16-17-22-30-73(94)106-69-47-83(8)60(34-36-70(83)92)74-76(69)84(9)71(49-102-13)108-81(99)59(75(84)78(96)77(74)95)48-87(12)38-25-37-86(10)11/h18-20,26-27,41,48,50,52-53,55-58,60-62,65-69,71,89,96,101H,16-17,21-25,28-40,42-47,49H2,1-15H3/b20-18+,26-19+,51-27+,54-41+,59-48+/t50-,52-,53-,55-,56-,57+,58+,60+,61+,62-,65+,66+,67+,68-,69-,71-,83+,84+,85-/m1/s1. The van der Waals surface area contributed by atoms with Crippen LogP contribution in [0.25, 0.3) is 0 Å². The van der Waals surface area contributed by atoms with E-state index in [4.69, 9.17) is 37.9 Å². The number of rotatable bonds is 21. The van der Waals surface area contributed by atoms with Crippen molar-refractivity contribution in [2.45, 2.75) is 271 Å². The lowest BCUT2D eigenvalue weighted by Crippen LogP contribution is -2.61. The number of amides is 1. The van der Waals surface area contributed by atoms with Crippen LogP contribution in [0, 0.1) is 52.3 Å². The lowest BCUT2D eigenvalue weighted by molar-refractivity contribution is -0.265. The highest BCUT2D eigenvalue weighted by molar-refractivity contribution is 6.39. The molecule has 2 saturated carbocycles. The van der Waals surface area contributed by atoms with Crippen LogP contribution in [0.5, 0.6) is 0 Å². The normalized spacial score (nSPS) is 36.0. The van der Waals surface area contributed by atoms with Crippen LogP contribution < -0.4 is 0 Å². The number of ether oxygens (including phenoxy) is 8. The molecule has 4 heterocycles. The lowest BCUT2D eigenvalue weighted by Gasteiger charge is -2.53. The molecule has 1 amide bonds. The minimum Gasteiger partial charge on any atom is -0.504 e. The molecule has 5 fully saturated rings. The zero-order valence-electron chi connectivity index (χ0n) is 67.4. The van der Waals surface area contributed by atoms with Crippen molar-refractivity contribution in [3.8, 4) is 0 Å². The van der Waals surface area contributed by atoms with Gasteiger partial charge in [0.2, 0.25) is 11.6 Å². The fraction of sp³-hybridized carbons (Fsp3) is 0.718. The van der Waals surface area contributed by atoms with E-state index in [1.165, 1.54) is 12.0 Å². The molecule has 0 spiro atoms. The third kappa shape index (κ3) is 21.1. The van der Waals surface area contributed by atoms with Crippen molar-refractivity contribution in [1.29, 1.82) is 0 Å². The minimum atomic E-state index is -2.49. The third-order valence-corrected chi connectivity index (χ3v) is 24.8. The molecule has 606 valence electrons. The number of fused-ring (bicyclic) bond motifs is 7. The van der Waals surface area contributed by atoms with E-state index in [-0.39, 0.29) is 110 Å². The number of Topliss-reactive ketones (excluding diaryl/α,β-unsaturated/α-hetero) is 5. The monoisotopic (exact) mass is 1520 g/mol. The number of unbranched alkanes of at least 4 members (excludes halogenated alkanes) is 3. The summed E-state index contributed by atoms with van der Waals surface area (Å²) < 4.78 is 48.6. The van der Waals surface area contributed by atoms with Crippen molar-refractivity contribution >= 4 is 58.7 Å². The molecule has 3 saturated heterocycles. The number of methoxy groups -OCH3 is 3. The van der Waals surface area contributed by atoms with E-state index in [2.05, 4.69) is 0 Å². The summed E-state index contributed by atoms with van der Waals surface area (Å²) in [6.07, 6.45) is 13.8. The Bertz CT molecular complexity index is 3550. The number of aliphatic hydroxyl groups is 3. The highest BCUT2D eigenvalue weighted by Crippen LogP contribution is 2.62. The first-order valence-corrected chi connectivity index (χ1v) is 40.0. The average molecular weight is 1520 g/mol. The van der Waals surface area contributed by atoms with E-state index in [0.29, 0.717) is 108 Å². The van der Waals surface area contributed by atoms with Gasteiger partial charge in [-0.25, -0.2) is 9.59 Å². The number of aliphatic hydroxyl groups excluding tert-OH is 2. The summed E-state index contributed by atoms with van der Waals surface area (Å²) in [5.41, 5.74) is -0.578. The summed E-state index contributed by atoms with van der Waals surface area (Å²) in [6, 6.07) is -1.22. The second-order valence-corrected chi connectivity index (χ2v) is 33.4. The highest BCUT2D eigenvalue weighted by atomic mass is 16.6. The van der Waals surface area contributed by atoms with Crippen molar-refractivity contribution in [1.82, 2.24) is 14.7 Å². The first kappa shape index (κ1) is 87.8. The van der Waals surface area contributed by atoms with Crippen LogP contribution in [0.3, 0.4) is 0 Å². The van der Waals surface area contributed by atoms with Crippen LogP contribution in [0.2, 0.25) is 0 Å². The zero-order chi connectivity index (χ0) is 80.0. The number of carbonyl (C=O) groups is 10. The largest absolute Gasteiger partial charge is 0.504 e. The topological polar surface area (TPSA) is 315 Å². The third-order valence-electron chi connectivity index (χ3n) is 24.8. The smallest absolute Gasteiger partial charge is 0.340 e. The average Bonchev–Trinajstić information content (AvgIpc) is 1.66. The second-order valence-electron chi connectivity index (χ2n) is 33.4. The van der Waals surface area contributed by atoms with Crippen LogP contribution >= 0.6 is 0 Å². The molecule has 3 N–H and O–H groups in total. The fourth-order valence-electron chi connectivity index (χ4n) is 18.0. The SMILES string of the molecule is COC[C@H]1OC(=O)/C(=C/N(C)CCCN(C)C)C2=C(O)C(=O)C3=C([C@H](OC(=O)CCCCCCC(=O)O[C@H]4CC(=O)[C@H](C)C[C@H](C)/C=C/C=C/C=C(\C)[C@@H](OC)C[C@@H]5CC[C@@H](C)[C@@](O)(O5)C(=O)C(=O)N5CCCC[C@H]5C(=O)O[C@H]([C@H](C)C[C@@H]5CC[C@@H](O)[C@H](OC)C5)CC(=O)[C@H](C)/C=C/4C)C[C@]4(C)C(=O)CC[C@@H]34)[C@]21C. The van der Waals surface area contributed by atoms with E-state index in [0.717, 1.165) is 18.5 Å². The molecular weight excluding hydrogens is 1400 g/mol. The molecule has 109 heavy (non-hydrogen) atoms. The number of esters is 4. The zero-order valence-corrected chi connectivity index (χ0v) is 67.4. The van der Waals surface area contributed by atoms with Crippen LogP contribution in [-0.2, 0) is 85.8 Å². The highest BCUT2D eigenvalue weighted by Gasteiger charge is 2.65. The molecule has 0 unspecified atom stereocenters. The Hall–Kier alpha value is -6.80. The van der Waals surface area contributed by atoms with Crippen molar-refractivity contribution in [2.75, 3.05) is 68.7 Å². The summed E-state index contributed by atoms with van der Waals surface area (Å²) >= 11 is 0. The summed E-state index contributed by atoms with van der Waals surface area (Å²) in [5.74, 6) is -12.5. The molecule has 24 nitrogen and oxygen atoms in total. The van der Waals surface area contributed by atoms with Gasteiger partial charge in [0.25, 0.3) is 11.7 Å². The number of hydrogen-bond acceptors (Lipinski definition) is 23. The first-order chi connectivity index (χ1) is 51.6. The van der Waals surface area contributed by atoms with Crippen LogP contribution in [0.4, 0.5) is 0 Å². The van der Waals surface area contributed by atoms with E-state index >= 15 is 0 Å². The molecule has 0 aromatic heterocycles. The molecule has 8 aliphatic rings. The summed E-state index contributed by atoms with van der Waals surface area (Å²) in [6.45, 7) is 17.5. The van der Waals surface area contributed by atoms with E-state index in [1.807, 2.05) is 82.0 Å². The Morgan fingerprint density at radius 1 is 0.761 bits per heavy atom. The molecule has 2 bridgehead atoms. The number of hydrogen-bond donors (Lipinski definition) is 3. The number of piperidine rings is 1. The van der Waals surface area contributed by atoms with Crippen molar-refractivity contribution in [2.24, 2.45) is 52.3 Å². The maximum absolute atomic E-state index is 14.8. The Labute approximate surface area is 645 Å². The van der Waals surface area contributed by atoms with Gasteiger partial charge in [-0.1, -0.05) is 90.8 Å². The fourth-order valence-corrected chi connectivity index (χ4v) is 18.0. The number of allylic oxidation sites excluding steroid dienone is 7. The van der Waals surface area contributed by atoms with E-state index in [9.17, 15) is 63.3 Å². The van der Waals surface area contributed by atoms with Gasteiger partial charge >= 0.3 is 23.9 Å². The number of cyclic esters (lactones) is 2. The van der Waals surface area contributed by atoms with E-state index in [1.54, 1.807) is 68.2 Å². The molecule has 24 heteroatoms. The van der Waals surface area contributed by atoms with Crippen molar-refractivity contribution in [3.63, 3.8) is 0 Å². The van der Waals surface area contributed by atoms with Gasteiger partial charge in [-0.2, -0.15) is 0 Å². The summed E-state index contributed by atoms with van der Waals surface area (Å²) in [5, 5.41) is 35.0. The predicted octanol–water partition coefficient (Wildman–Crippen LogP) is 10.8. The van der Waals surface area contributed by atoms with Gasteiger partial charge in [-0.05, 0) is 166 Å². The molecule has 8 rings (SSSR count).